The number of hydrogen-bond acceptors (Lipinski definition) is 3. The number of nitrogens with zero attached hydrogens (tertiary/aromatic N) is 2. The number of amides is 1. The quantitative estimate of drug-likeness (QED) is 0.537. The third-order valence-electron chi connectivity index (χ3n) is 5.96. The Balaban J connectivity index is 1.72. The first-order chi connectivity index (χ1) is 14.5. The molecule has 0 saturated carbocycles. The van der Waals surface area contributed by atoms with Gasteiger partial charge in [-0.3, -0.25) is 4.79 Å². The van der Waals surface area contributed by atoms with E-state index < -0.39 is 0 Å². The number of nitrogens with two attached hydrogens (primary N) is 1. The normalized spacial score (nSPS) is 16.0. The van der Waals surface area contributed by atoms with Crippen molar-refractivity contribution in [3.8, 4) is 11.3 Å². The van der Waals surface area contributed by atoms with Gasteiger partial charge in [-0.1, -0.05) is 23.4 Å². The molecule has 0 radical (unpaired) electrons. The zero-order valence-electron chi connectivity index (χ0n) is 16.7. The van der Waals surface area contributed by atoms with Gasteiger partial charge in [0.05, 0.1) is 5.92 Å². The lowest BCUT2D eigenvalue weighted by Gasteiger charge is -2.23. The van der Waals surface area contributed by atoms with Crippen LogP contribution in [0.15, 0.2) is 53.1 Å². The summed E-state index contributed by atoms with van der Waals surface area (Å²) in [5.74, 6) is -0.170. The van der Waals surface area contributed by atoms with Crippen LogP contribution >= 0.6 is 0 Å². The highest BCUT2D eigenvalue weighted by atomic mass is 19.1. The SMILES string of the molecule is Cc1cc(-c2ccc3c(c2)c2c(n3Cc3cccc(F)c3)C(C(N)=O)CCC2)no1. The van der Waals surface area contributed by atoms with Crippen molar-refractivity contribution in [3.63, 3.8) is 0 Å². The van der Waals surface area contributed by atoms with Crippen LogP contribution in [0.3, 0.4) is 0 Å². The van der Waals surface area contributed by atoms with Gasteiger partial charge in [0.1, 0.15) is 17.3 Å². The van der Waals surface area contributed by atoms with E-state index >= 15 is 0 Å². The molecule has 1 unspecified atom stereocenters. The molecule has 1 amide bonds. The van der Waals surface area contributed by atoms with Crippen molar-refractivity contribution in [2.75, 3.05) is 0 Å². The molecule has 4 aromatic rings. The Morgan fingerprint density at radius 1 is 1.27 bits per heavy atom. The average molecular weight is 403 g/mol. The molecule has 5 nitrogen and oxygen atoms in total. The Bertz CT molecular complexity index is 1270. The number of carbonyl (C=O) groups is 1. The van der Waals surface area contributed by atoms with Crippen LogP contribution in [0.4, 0.5) is 4.39 Å². The van der Waals surface area contributed by atoms with E-state index in [9.17, 15) is 9.18 Å². The van der Waals surface area contributed by atoms with Crippen LogP contribution in [-0.2, 0) is 17.8 Å². The van der Waals surface area contributed by atoms with Crippen LogP contribution < -0.4 is 5.73 Å². The maximum absolute atomic E-state index is 13.8. The van der Waals surface area contributed by atoms with Crippen molar-refractivity contribution in [1.82, 2.24) is 9.72 Å². The predicted molar refractivity (Wildman–Crippen MR) is 113 cm³/mol. The predicted octanol–water partition coefficient (Wildman–Crippen LogP) is 4.70. The van der Waals surface area contributed by atoms with Crippen molar-refractivity contribution in [2.24, 2.45) is 5.73 Å². The number of halogens is 1. The minimum Gasteiger partial charge on any atom is -0.369 e. The summed E-state index contributed by atoms with van der Waals surface area (Å²) in [7, 11) is 0. The molecule has 5 rings (SSSR count). The van der Waals surface area contributed by atoms with Gasteiger partial charge >= 0.3 is 0 Å². The summed E-state index contributed by atoms with van der Waals surface area (Å²) in [4.78, 5) is 12.3. The van der Waals surface area contributed by atoms with Crippen molar-refractivity contribution in [3.05, 3.63) is 76.9 Å². The number of fused-ring (bicyclic) bond motifs is 3. The lowest BCUT2D eigenvalue weighted by Crippen LogP contribution is -2.27. The fraction of sp³-hybridized carbons (Fsp3) is 0.250. The smallest absolute Gasteiger partial charge is 0.226 e. The van der Waals surface area contributed by atoms with Gasteiger partial charge in [-0.05, 0) is 61.6 Å². The summed E-state index contributed by atoms with van der Waals surface area (Å²) in [6.45, 7) is 2.35. The second kappa shape index (κ2) is 7.13. The monoisotopic (exact) mass is 403 g/mol. The minimum atomic E-state index is -0.340. The zero-order chi connectivity index (χ0) is 20.8. The van der Waals surface area contributed by atoms with Crippen LogP contribution in [0.25, 0.3) is 22.2 Å². The van der Waals surface area contributed by atoms with Crippen molar-refractivity contribution in [2.45, 2.75) is 38.6 Å². The Kier molecular flexibility index (Phi) is 4.42. The van der Waals surface area contributed by atoms with Gasteiger partial charge in [0.15, 0.2) is 0 Å². The molecule has 0 aliphatic heterocycles. The van der Waals surface area contributed by atoms with E-state index in [1.54, 1.807) is 6.07 Å². The van der Waals surface area contributed by atoms with Gasteiger partial charge in [-0.25, -0.2) is 4.39 Å². The van der Waals surface area contributed by atoms with E-state index in [4.69, 9.17) is 10.3 Å². The van der Waals surface area contributed by atoms with Crippen molar-refractivity contribution in [1.29, 1.82) is 0 Å². The van der Waals surface area contributed by atoms with E-state index in [2.05, 4.69) is 15.8 Å². The van der Waals surface area contributed by atoms with E-state index in [0.717, 1.165) is 64.0 Å². The standard InChI is InChI=1S/C24H22FN3O2/c1-14-10-21(27-30-14)16-8-9-22-20(12-16)18-6-3-7-19(24(26)29)23(18)28(22)13-15-4-2-5-17(25)11-15/h2,4-5,8-12,19H,3,6-7,13H2,1H3,(H2,26,29). The lowest BCUT2D eigenvalue weighted by atomic mass is 9.86. The highest BCUT2D eigenvalue weighted by Crippen LogP contribution is 2.40. The summed E-state index contributed by atoms with van der Waals surface area (Å²) in [5, 5.41) is 5.22. The third-order valence-corrected chi connectivity index (χ3v) is 5.96. The van der Waals surface area contributed by atoms with Gasteiger partial charge < -0.3 is 14.8 Å². The molecule has 2 aromatic carbocycles. The number of benzene rings is 2. The number of hydrogen-bond donors (Lipinski definition) is 1. The van der Waals surface area contributed by atoms with Gasteiger partial charge in [0.25, 0.3) is 0 Å². The summed E-state index contributed by atoms with van der Waals surface area (Å²) >= 11 is 0. The minimum absolute atomic E-state index is 0.270. The highest BCUT2D eigenvalue weighted by Gasteiger charge is 2.31. The molecule has 1 aliphatic carbocycles. The fourth-order valence-corrected chi connectivity index (χ4v) is 4.65. The Labute approximate surface area is 173 Å². The van der Waals surface area contributed by atoms with Crippen LogP contribution in [0, 0.1) is 12.7 Å². The molecule has 6 heteroatoms. The number of aromatic nitrogens is 2. The molecule has 2 aromatic heterocycles. The third kappa shape index (κ3) is 3.09. The second-order valence-electron chi connectivity index (χ2n) is 7.98. The first kappa shape index (κ1) is 18.6. The molecule has 0 fully saturated rings. The lowest BCUT2D eigenvalue weighted by molar-refractivity contribution is -0.119. The molecule has 0 saturated heterocycles. The second-order valence-corrected chi connectivity index (χ2v) is 7.98. The van der Waals surface area contributed by atoms with Gasteiger partial charge in [-0.2, -0.15) is 0 Å². The molecule has 2 heterocycles. The summed E-state index contributed by atoms with van der Waals surface area (Å²) < 4.78 is 21.2. The topological polar surface area (TPSA) is 74.0 Å². The number of rotatable bonds is 4. The Morgan fingerprint density at radius 2 is 2.13 bits per heavy atom. The number of primary amides is 1. The molecular weight excluding hydrogens is 381 g/mol. The zero-order valence-corrected chi connectivity index (χ0v) is 16.7. The molecule has 2 N–H and O–H groups in total. The molecule has 0 bridgehead atoms. The molecule has 1 atom stereocenters. The van der Waals surface area contributed by atoms with E-state index in [1.165, 1.54) is 12.1 Å². The maximum Gasteiger partial charge on any atom is 0.226 e. The maximum atomic E-state index is 13.8. The molecule has 0 spiro atoms. The fourth-order valence-electron chi connectivity index (χ4n) is 4.65. The Hall–Kier alpha value is -3.41. The number of aryl methyl sites for hydroxylation is 2. The average Bonchev–Trinajstić information content (AvgIpc) is 3.30. The van der Waals surface area contributed by atoms with E-state index in [0.29, 0.717) is 6.54 Å². The molecular formula is C24H22FN3O2. The van der Waals surface area contributed by atoms with Gasteiger partial charge in [0, 0.05) is 34.8 Å². The first-order valence-corrected chi connectivity index (χ1v) is 10.1. The van der Waals surface area contributed by atoms with E-state index in [-0.39, 0.29) is 17.6 Å². The molecule has 30 heavy (non-hydrogen) atoms. The van der Waals surface area contributed by atoms with Crippen LogP contribution in [-0.4, -0.2) is 15.6 Å². The first-order valence-electron chi connectivity index (χ1n) is 10.1. The van der Waals surface area contributed by atoms with Gasteiger partial charge in [-0.15, -0.1) is 0 Å². The van der Waals surface area contributed by atoms with Crippen LogP contribution in [0.1, 0.15) is 41.3 Å². The highest BCUT2D eigenvalue weighted by molar-refractivity contribution is 5.93. The van der Waals surface area contributed by atoms with Crippen molar-refractivity contribution < 1.29 is 13.7 Å². The summed E-state index contributed by atoms with van der Waals surface area (Å²) in [5.41, 5.74) is 11.5. The van der Waals surface area contributed by atoms with E-state index in [1.807, 2.05) is 31.2 Å². The summed E-state index contributed by atoms with van der Waals surface area (Å²) in [6, 6.07) is 14.6. The van der Waals surface area contributed by atoms with Crippen LogP contribution in [0.2, 0.25) is 0 Å². The summed E-state index contributed by atoms with van der Waals surface area (Å²) in [6.07, 6.45) is 2.52. The molecule has 152 valence electrons. The number of carbonyl (C=O) groups excluding carboxylic acids is 1. The largest absolute Gasteiger partial charge is 0.369 e. The molecule has 1 aliphatic rings. The van der Waals surface area contributed by atoms with Crippen LogP contribution in [0.5, 0.6) is 0 Å². The Morgan fingerprint density at radius 3 is 2.87 bits per heavy atom. The van der Waals surface area contributed by atoms with Crippen molar-refractivity contribution >= 4 is 16.8 Å². The van der Waals surface area contributed by atoms with Gasteiger partial charge in [0.2, 0.25) is 5.91 Å².